The van der Waals surface area contributed by atoms with Gasteiger partial charge in [-0.3, -0.25) is 4.79 Å². The molecule has 1 heterocycles. The van der Waals surface area contributed by atoms with Crippen molar-refractivity contribution in [3.8, 4) is 0 Å². The number of esters is 2. The standard InChI is InChI=1S/C19H24O4/c1-10-13-8-14-11(2)15(22-18(21)12-4-5-12)6-7-19(14,3)9-16(13)23-17(10)20/h12-16H,1-2,4-9H2,3H3/t13-,14+,15-,16-,19-/m1/s1. The van der Waals surface area contributed by atoms with Gasteiger partial charge in [0.1, 0.15) is 12.2 Å². The predicted octanol–water partition coefficient (Wildman–Crippen LogP) is 3.17. The summed E-state index contributed by atoms with van der Waals surface area (Å²) in [5.74, 6) is 0.172. The average molecular weight is 316 g/mol. The van der Waals surface area contributed by atoms with Crippen LogP contribution in [0.5, 0.6) is 0 Å². The Bertz CT molecular complexity index is 602. The molecular weight excluding hydrogens is 292 g/mol. The third-order valence-electron chi connectivity index (χ3n) is 6.42. The normalized spacial score (nSPS) is 42.7. The van der Waals surface area contributed by atoms with Crippen LogP contribution in [0, 0.1) is 23.2 Å². The molecule has 0 aromatic carbocycles. The predicted molar refractivity (Wildman–Crippen MR) is 84.3 cm³/mol. The molecule has 1 aliphatic heterocycles. The number of rotatable bonds is 2. The summed E-state index contributed by atoms with van der Waals surface area (Å²) < 4.78 is 11.2. The molecule has 0 aromatic rings. The van der Waals surface area contributed by atoms with Crippen LogP contribution in [-0.2, 0) is 19.1 Å². The van der Waals surface area contributed by atoms with Crippen molar-refractivity contribution >= 4 is 11.9 Å². The third-order valence-corrected chi connectivity index (χ3v) is 6.42. The molecular formula is C19H24O4. The molecule has 1 saturated heterocycles. The van der Waals surface area contributed by atoms with Gasteiger partial charge in [0.25, 0.3) is 0 Å². The molecule has 124 valence electrons. The summed E-state index contributed by atoms with van der Waals surface area (Å²) in [7, 11) is 0. The molecule has 23 heavy (non-hydrogen) atoms. The van der Waals surface area contributed by atoms with Gasteiger partial charge in [-0.1, -0.05) is 20.1 Å². The van der Waals surface area contributed by atoms with Gasteiger partial charge < -0.3 is 9.47 Å². The molecule has 3 saturated carbocycles. The zero-order valence-corrected chi connectivity index (χ0v) is 13.7. The number of hydrogen-bond acceptors (Lipinski definition) is 4. The lowest BCUT2D eigenvalue weighted by Gasteiger charge is -2.51. The number of carbonyl (C=O) groups is 2. The third kappa shape index (κ3) is 2.34. The summed E-state index contributed by atoms with van der Waals surface area (Å²) >= 11 is 0. The van der Waals surface area contributed by atoms with Crippen molar-refractivity contribution in [2.75, 3.05) is 0 Å². The van der Waals surface area contributed by atoms with Crippen molar-refractivity contribution in [1.82, 2.24) is 0 Å². The van der Waals surface area contributed by atoms with E-state index < -0.39 is 0 Å². The van der Waals surface area contributed by atoms with E-state index in [2.05, 4.69) is 20.1 Å². The van der Waals surface area contributed by atoms with Crippen molar-refractivity contribution < 1.29 is 19.1 Å². The Morgan fingerprint density at radius 3 is 2.74 bits per heavy atom. The van der Waals surface area contributed by atoms with E-state index in [0.29, 0.717) is 5.57 Å². The Hall–Kier alpha value is -1.58. The van der Waals surface area contributed by atoms with Gasteiger partial charge in [-0.05, 0) is 55.4 Å². The van der Waals surface area contributed by atoms with Crippen LogP contribution in [0.25, 0.3) is 0 Å². The lowest BCUT2D eigenvalue weighted by molar-refractivity contribution is -0.153. The van der Waals surface area contributed by atoms with Crippen LogP contribution in [0.1, 0.15) is 45.4 Å². The molecule has 0 N–H and O–H groups in total. The average Bonchev–Trinajstić information content (AvgIpc) is 3.30. The SMILES string of the molecule is C=C1C(=O)O[C@@H]2C[C@@]3(C)CC[C@@H](OC(=O)C4CC4)C(=C)[C@@H]3C[C@H]12. The highest BCUT2D eigenvalue weighted by Gasteiger charge is 2.54. The highest BCUT2D eigenvalue weighted by atomic mass is 16.6. The van der Waals surface area contributed by atoms with Crippen molar-refractivity contribution in [2.24, 2.45) is 23.2 Å². The zero-order chi connectivity index (χ0) is 16.4. The molecule has 0 radical (unpaired) electrons. The number of fused-ring (bicyclic) bond motifs is 2. The lowest BCUT2D eigenvalue weighted by atomic mass is 9.55. The van der Waals surface area contributed by atoms with Gasteiger partial charge in [0.05, 0.1) is 5.92 Å². The van der Waals surface area contributed by atoms with E-state index in [1.807, 2.05) is 0 Å². The van der Waals surface area contributed by atoms with Crippen LogP contribution in [0.15, 0.2) is 24.3 Å². The maximum absolute atomic E-state index is 12.0. The van der Waals surface area contributed by atoms with Gasteiger partial charge in [0, 0.05) is 11.5 Å². The summed E-state index contributed by atoms with van der Waals surface area (Å²) in [6.07, 6.45) is 5.23. The first-order valence-corrected chi connectivity index (χ1v) is 8.68. The highest BCUT2D eigenvalue weighted by molar-refractivity contribution is 5.90. The van der Waals surface area contributed by atoms with Gasteiger partial charge in [-0.25, -0.2) is 4.79 Å². The van der Waals surface area contributed by atoms with E-state index in [4.69, 9.17) is 9.47 Å². The number of ether oxygens (including phenoxy) is 2. The summed E-state index contributed by atoms with van der Waals surface area (Å²) in [6.45, 7) is 10.5. The van der Waals surface area contributed by atoms with E-state index in [9.17, 15) is 9.59 Å². The lowest BCUT2D eigenvalue weighted by Crippen LogP contribution is -2.47. The van der Waals surface area contributed by atoms with Crippen molar-refractivity contribution in [1.29, 1.82) is 0 Å². The Balaban J connectivity index is 1.52. The summed E-state index contributed by atoms with van der Waals surface area (Å²) in [5.41, 5.74) is 1.70. The van der Waals surface area contributed by atoms with Crippen molar-refractivity contribution in [3.63, 3.8) is 0 Å². The second-order valence-corrected chi connectivity index (χ2v) is 8.04. The molecule has 0 amide bonds. The van der Waals surface area contributed by atoms with E-state index in [1.165, 1.54) is 0 Å². The first-order chi connectivity index (χ1) is 10.9. The smallest absolute Gasteiger partial charge is 0.334 e. The summed E-state index contributed by atoms with van der Waals surface area (Å²) in [5, 5.41) is 0. The molecule has 0 aromatic heterocycles. The molecule has 4 nitrogen and oxygen atoms in total. The summed E-state index contributed by atoms with van der Waals surface area (Å²) in [4.78, 5) is 23.8. The minimum atomic E-state index is -0.246. The monoisotopic (exact) mass is 316 g/mol. The topological polar surface area (TPSA) is 52.6 Å². The molecule has 4 fully saturated rings. The van der Waals surface area contributed by atoms with Gasteiger partial charge in [0.2, 0.25) is 0 Å². The van der Waals surface area contributed by atoms with Crippen LogP contribution in [0.4, 0.5) is 0 Å². The van der Waals surface area contributed by atoms with Crippen molar-refractivity contribution in [3.05, 3.63) is 24.3 Å². The maximum Gasteiger partial charge on any atom is 0.334 e. The van der Waals surface area contributed by atoms with E-state index in [1.54, 1.807) is 0 Å². The fraction of sp³-hybridized carbons (Fsp3) is 0.684. The molecule has 4 aliphatic rings. The number of hydrogen-bond donors (Lipinski definition) is 0. The largest absolute Gasteiger partial charge is 0.458 e. The molecule has 0 bridgehead atoms. The fourth-order valence-corrected chi connectivity index (χ4v) is 4.73. The van der Waals surface area contributed by atoms with Crippen LogP contribution < -0.4 is 0 Å². The molecule has 5 atom stereocenters. The maximum atomic E-state index is 12.0. The summed E-state index contributed by atoms with van der Waals surface area (Å²) in [6, 6.07) is 0. The van der Waals surface area contributed by atoms with E-state index >= 15 is 0 Å². The zero-order valence-electron chi connectivity index (χ0n) is 13.7. The minimum Gasteiger partial charge on any atom is -0.458 e. The first-order valence-electron chi connectivity index (χ1n) is 8.68. The molecule has 0 unspecified atom stereocenters. The Kier molecular flexibility index (Phi) is 3.23. The minimum absolute atomic E-state index is 0.0328. The molecule has 0 spiro atoms. The van der Waals surface area contributed by atoms with Crippen LogP contribution >= 0.6 is 0 Å². The molecule has 3 aliphatic carbocycles. The molecule has 4 rings (SSSR count). The van der Waals surface area contributed by atoms with Crippen LogP contribution in [0.2, 0.25) is 0 Å². The van der Waals surface area contributed by atoms with Crippen LogP contribution in [0.3, 0.4) is 0 Å². The van der Waals surface area contributed by atoms with Gasteiger partial charge in [-0.15, -0.1) is 0 Å². The fourth-order valence-electron chi connectivity index (χ4n) is 4.73. The first kappa shape index (κ1) is 15.0. The van der Waals surface area contributed by atoms with Crippen LogP contribution in [-0.4, -0.2) is 24.1 Å². The van der Waals surface area contributed by atoms with E-state index in [0.717, 1.165) is 44.1 Å². The Labute approximate surface area is 136 Å². The highest BCUT2D eigenvalue weighted by Crippen LogP contribution is 2.57. The number of carbonyl (C=O) groups excluding carboxylic acids is 2. The van der Waals surface area contributed by atoms with E-state index in [-0.39, 0.29) is 47.3 Å². The Morgan fingerprint density at radius 2 is 2.04 bits per heavy atom. The van der Waals surface area contributed by atoms with Crippen molar-refractivity contribution in [2.45, 2.75) is 57.7 Å². The quantitative estimate of drug-likeness (QED) is 0.446. The van der Waals surface area contributed by atoms with Gasteiger partial charge in [0.15, 0.2) is 0 Å². The second-order valence-electron chi connectivity index (χ2n) is 8.04. The second kappa shape index (κ2) is 4.96. The van der Waals surface area contributed by atoms with Gasteiger partial charge >= 0.3 is 11.9 Å². The molecule has 4 heteroatoms. The Morgan fingerprint density at radius 1 is 1.30 bits per heavy atom. The van der Waals surface area contributed by atoms with Gasteiger partial charge in [-0.2, -0.15) is 0 Å².